The number of nitriles is 1. The molecule has 1 amide bonds. The van der Waals surface area contributed by atoms with E-state index in [1.807, 2.05) is 18.2 Å². The van der Waals surface area contributed by atoms with Crippen molar-refractivity contribution in [3.05, 3.63) is 119 Å². The fourth-order valence-electron chi connectivity index (χ4n) is 4.37. The fourth-order valence-corrected chi connectivity index (χ4v) is 4.37. The lowest BCUT2D eigenvalue weighted by atomic mass is 9.96. The summed E-state index contributed by atoms with van der Waals surface area (Å²) < 4.78 is 5.36. The van der Waals surface area contributed by atoms with Crippen LogP contribution in [0.4, 0.5) is 5.69 Å². The van der Waals surface area contributed by atoms with Gasteiger partial charge in [-0.05, 0) is 48.4 Å². The number of hydrogen-bond acceptors (Lipinski definition) is 7. The van der Waals surface area contributed by atoms with Crippen molar-refractivity contribution in [1.82, 2.24) is 5.16 Å². The highest BCUT2D eigenvalue weighted by atomic mass is 16.5. The van der Waals surface area contributed by atoms with Crippen molar-refractivity contribution in [3.63, 3.8) is 0 Å². The first kappa shape index (κ1) is 25.3. The van der Waals surface area contributed by atoms with Crippen LogP contribution in [0.25, 0.3) is 22.1 Å². The van der Waals surface area contributed by atoms with Crippen LogP contribution in [0.2, 0.25) is 0 Å². The van der Waals surface area contributed by atoms with Crippen molar-refractivity contribution in [2.24, 2.45) is 0 Å². The number of hydrogen-bond donors (Lipinski definition) is 2. The van der Waals surface area contributed by atoms with Crippen LogP contribution < -0.4 is 5.32 Å². The van der Waals surface area contributed by atoms with Crippen LogP contribution in [-0.4, -0.2) is 27.7 Å². The average molecular weight is 516 g/mol. The lowest BCUT2D eigenvalue weighted by molar-refractivity contribution is 0.0747. The van der Waals surface area contributed by atoms with Crippen LogP contribution >= 0.6 is 0 Å². The van der Waals surface area contributed by atoms with Gasteiger partial charge in [-0.3, -0.25) is 14.4 Å². The minimum atomic E-state index is -1.63. The summed E-state index contributed by atoms with van der Waals surface area (Å²) in [5.74, 6) is -1.32. The molecule has 0 aliphatic carbocycles. The molecule has 0 saturated heterocycles. The van der Waals surface area contributed by atoms with E-state index in [4.69, 9.17) is 4.52 Å². The summed E-state index contributed by atoms with van der Waals surface area (Å²) in [6, 6.07) is 26.8. The molecule has 0 aliphatic heterocycles. The Hall–Kier alpha value is -5.39. The number of carbonyl (C=O) groups excluding carboxylic acids is 3. The van der Waals surface area contributed by atoms with Crippen molar-refractivity contribution in [3.8, 4) is 17.2 Å². The number of benzene rings is 4. The number of nitrogens with one attached hydrogen (secondary N) is 1. The minimum absolute atomic E-state index is 0.0219. The molecule has 0 bridgehead atoms. The molecule has 0 spiro atoms. The maximum atomic E-state index is 13.4. The van der Waals surface area contributed by atoms with Gasteiger partial charge in [0, 0.05) is 22.4 Å². The van der Waals surface area contributed by atoms with Gasteiger partial charge in [0.25, 0.3) is 5.91 Å². The van der Waals surface area contributed by atoms with Gasteiger partial charge in [0.1, 0.15) is 6.10 Å². The summed E-state index contributed by atoms with van der Waals surface area (Å²) in [4.78, 5) is 38.4. The van der Waals surface area contributed by atoms with Gasteiger partial charge >= 0.3 is 0 Å². The molecule has 1 unspecified atom stereocenters. The highest BCUT2D eigenvalue weighted by Crippen LogP contribution is 2.31. The normalized spacial score (nSPS) is 11.5. The Morgan fingerprint density at radius 2 is 1.69 bits per heavy atom. The molecule has 1 aromatic heterocycles. The standard InChI is InChI=1S/C31H21N3O5/c1-18(35)22-9-5-6-10-23(22)21-12-14-27-25(16-21)28(34-39-27)31(38)33-26-13-11-19(17-32)15-24(26)30(37)29(36)20-7-3-2-4-8-20/h2-16,30,37H,1H3,(H,33,38). The third-order valence-corrected chi connectivity index (χ3v) is 6.33. The molecule has 5 rings (SSSR count). The van der Waals surface area contributed by atoms with Gasteiger partial charge in [-0.1, -0.05) is 65.8 Å². The average Bonchev–Trinajstić information content (AvgIpc) is 3.40. The summed E-state index contributed by atoms with van der Waals surface area (Å²) in [6.07, 6.45) is -1.63. The van der Waals surface area contributed by atoms with E-state index < -0.39 is 17.8 Å². The topological polar surface area (TPSA) is 133 Å². The zero-order valence-electron chi connectivity index (χ0n) is 20.7. The lowest BCUT2D eigenvalue weighted by Gasteiger charge is -2.16. The minimum Gasteiger partial charge on any atom is -0.380 e. The first-order valence-electron chi connectivity index (χ1n) is 12.0. The molecule has 0 radical (unpaired) electrons. The Morgan fingerprint density at radius 3 is 2.44 bits per heavy atom. The Kier molecular flexibility index (Phi) is 6.83. The molecule has 8 nitrogen and oxygen atoms in total. The molecule has 0 aliphatic rings. The number of aromatic nitrogens is 1. The first-order chi connectivity index (χ1) is 18.9. The van der Waals surface area contributed by atoms with Gasteiger partial charge in [-0.2, -0.15) is 5.26 Å². The number of Topliss-reactive ketones (excluding diaryl/α,β-unsaturated/α-hetero) is 2. The van der Waals surface area contributed by atoms with E-state index in [2.05, 4.69) is 10.5 Å². The number of aliphatic hydroxyl groups excluding tert-OH is 1. The van der Waals surface area contributed by atoms with Gasteiger partial charge in [0.2, 0.25) is 0 Å². The largest absolute Gasteiger partial charge is 0.380 e. The quantitative estimate of drug-likeness (QED) is 0.264. The van der Waals surface area contributed by atoms with Crippen LogP contribution in [0, 0.1) is 11.3 Å². The second-order valence-corrected chi connectivity index (χ2v) is 8.84. The van der Waals surface area contributed by atoms with E-state index in [0.29, 0.717) is 27.7 Å². The Bertz CT molecular complexity index is 1780. The molecular weight excluding hydrogens is 494 g/mol. The van der Waals surface area contributed by atoms with Gasteiger partial charge in [0.05, 0.1) is 17.0 Å². The van der Waals surface area contributed by atoms with E-state index in [1.54, 1.807) is 60.7 Å². The van der Waals surface area contributed by atoms with E-state index in [1.165, 1.54) is 25.1 Å². The smallest absolute Gasteiger partial charge is 0.278 e. The number of nitrogens with zero attached hydrogens (tertiary/aromatic N) is 2. The van der Waals surface area contributed by atoms with Crippen molar-refractivity contribution < 1.29 is 24.0 Å². The number of ketones is 2. The molecule has 5 aromatic rings. The summed E-state index contributed by atoms with van der Waals surface area (Å²) in [5.41, 5.74) is 3.00. The number of fused-ring (bicyclic) bond motifs is 1. The molecule has 0 saturated carbocycles. The van der Waals surface area contributed by atoms with Crippen LogP contribution in [0.15, 0.2) is 95.5 Å². The van der Waals surface area contributed by atoms with Gasteiger partial charge in [-0.15, -0.1) is 0 Å². The molecule has 8 heteroatoms. The van der Waals surface area contributed by atoms with Gasteiger partial charge in [-0.25, -0.2) is 0 Å². The zero-order valence-corrected chi connectivity index (χ0v) is 20.7. The van der Waals surface area contributed by atoms with Gasteiger partial charge < -0.3 is 14.9 Å². The van der Waals surface area contributed by atoms with E-state index in [0.717, 1.165) is 0 Å². The second kappa shape index (κ2) is 10.5. The molecule has 4 aromatic carbocycles. The second-order valence-electron chi connectivity index (χ2n) is 8.84. The molecule has 1 atom stereocenters. The number of aliphatic hydroxyl groups is 1. The Balaban J connectivity index is 1.51. The van der Waals surface area contributed by atoms with Gasteiger partial charge in [0.15, 0.2) is 22.8 Å². The van der Waals surface area contributed by atoms with Crippen molar-refractivity contribution in [1.29, 1.82) is 5.26 Å². The maximum absolute atomic E-state index is 13.4. The van der Waals surface area contributed by atoms with E-state index in [9.17, 15) is 24.8 Å². The molecule has 39 heavy (non-hydrogen) atoms. The van der Waals surface area contributed by atoms with E-state index in [-0.39, 0.29) is 33.9 Å². The molecule has 190 valence electrons. The Labute approximate surface area is 223 Å². The van der Waals surface area contributed by atoms with Crippen molar-refractivity contribution in [2.75, 3.05) is 5.32 Å². The summed E-state index contributed by atoms with van der Waals surface area (Å²) in [5, 5.41) is 27.3. The summed E-state index contributed by atoms with van der Waals surface area (Å²) in [6.45, 7) is 1.49. The molecule has 2 N–H and O–H groups in total. The van der Waals surface area contributed by atoms with Crippen LogP contribution in [0.5, 0.6) is 0 Å². The predicted molar refractivity (Wildman–Crippen MR) is 144 cm³/mol. The predicted octanol–water partition coefficient (Wildman–Crippen LogP) is 5.74. The van der Waals surface area contributed by atoms with Crippen LogP contribution in [-0.2, 0) is 0 Å². The molecule has 0 fully saturated rings. The van der Waals surface area contributed by atoms with Crippen molar-refractivity contribution in [2.45, 2.75) is 13.0 Å². The zero-order chi connectivity index (χ0) is 27.5. The fraction of sp³-hybridized carbons (Fsp3) is 0.0645. The summed E-state index contributed by atoms with van der Waals surface area (Å²) in [7, 11) is 0. The van der Waals surface area contributed by atoms with Crippen LogP contribution in [0.3, 0.4) is 0 Å². The number of amides is 1. The number of carbonyl (C=O) groups is 3. The van der Waals surface area contributed by atoms with Crippen LogP contribution in [0.1, 0.15) is 55.4 Å². The SMILES string of the molecule is CC(=O)c1ccccc1-c1ccc2onc(C(=O)Nc3ccc(C#N)cc3C(O)C(=O)c3ccccc3)c2c1. The molecule has 1 heterocycles. The van der Waals surface area contributed by atoms with E-state index >= 15 is 0 Å². The van der Waals surface area contributed by atoms with Crippen molar-refractivity contribution >= 4 is 34.1 Å². The third kappa shape index (κ3) is 4.94. The number of rotatable bonds is 7. The molecular formula is C31H21N3O5. The maximum Gasteiger partial charge on any atom is 0.278 e. The third-order valence-electron chi connectivity index (χ3n) is 6.33. The lowest BCUT2D eigenvalue weighted by Crippen LogP contribution is -2.18. The monoisotopic (exact) mass is 515 g/mol. The summed E-state index contributed by atoms with van der Waals surface area (Å²) >= 11 is 0. The number of anilines is 1. The first-order valence-corrected chi connectivity index (χ1v) is 12.0. The highest BCUT2D eigenvalue weighted by Gasteiger charge is 2.25. The highest BCUT2D eigenvalue weighted by molar-refractivity contribution is 6.12. The Morgan fingerprint density at radius 1 is 0.949 bits per heavy atom.